The summed E-state index contributed by atoms with van der Waals surface area (Å²) in [5.74, 6) is 0.296. The fraction of sp³-hybridized carbons (Fsp3) is 0.438. The Bertz CT molecular complexity index is 355. The van der Waals surface area contributed by atoms with E-state index in [0.717, 1.165) is 12.8 Å². The molecule has 0 amide bonds. The Morgan fingerprint density at radius 3 is 2.56 bits per heavy atom. The van der Waals surface area contributed by atoms with Crippen molar-refractivity contribution in [2.75, 3.05) is 0 Å². The van der Waals surface area contributed by atoms with E-state index in [-0.39, 0.29) is 5.97 Å². The van der Waals surface area contributed by atoms with Crippen LogP contribution in [0.3, 0.4) is 0 Å². The molecule has 0 aromatic heterocycles. The average molecular weight is 246 g/mol. The van der Waals surface area contributed by atoms with Gasteiger partial charge in [-0.3, -0.25) is 0 Å². The number of allylic oxidation sites excluding steroid dienone is 1. The summed E-state index contributed by atoms with van der Waals surface area (Å²) in [5.41, 5.74) is 0. The van der Waals surface area contributed by atoms with Gasteiger partial charge in [0.25, 0.3) is 0 Å². The van der Waals surface area contributed by atoms with Crippen LogP contribution < -0.4 is 4.74 Å². The Hall–Kier alpha value is -1.57. The van der Waals surface area contributed by atoms with Crippen LogP contribution in [-0.4, -0.2) is 5.97 Å². The lowest BCUT2D eigenvalue weighted by molar-refractivity contribution is -0.129. The lowest BCUT2D eigenvalue weighted by Gasteiger charge is -1.99. The standard InChI is InChI=1S/C16H22O2/c1-2-3-4-5-6-7-11-14-16(17)18-15-12-9-8-10-13-15/h8-14H,2-7H2,1H3/b14-11+. The van der Waals surface area contributed by atoms with Gasteiger partial charge >= 0.3 is 5.97 Å². The molecule has 0 spiro atoms. The summed E-state index contributed by atoms with van der Waals surface area (Å²) in [6, 6.07) is 9.14. The third-order valence-electron chi connectivity index (χ3n) is 2.69. The van der Waals surface area contributed by atoms with Gasteiger partial charge < -0.3 is 4.74 Å². The van der Waals surface area contributed by atoms with Crippen molar-refractivity contribution in [3.05, 3.63) is 42.5 Å². The zero-order valence-corrected chi connectivity index (χ0v) is 11.1. The summed E-state index contributed by atoms with van der Waals surface area (Å²) < 4.78 is 5.13. The van der Waals surface area contributed by atoms with Gasteiger partial charge in [0.15, 0.2) is 0 Å². The number of benzene rings is 1. The maximum absolute atomic E-state index is 11.4. The summed E-state index contributed by atoms with van der Waals surface area (Å²) in [4.78, 5) is 11.4. The third kappa shape index (κ3) is 6.89. The summed E-state index contributed by atoms with van der Waals surface area (Å²) >= 11 is 0. The number of carbonyl (C=O) groups excluding carboxylic acids is 1. The van der Waals surface area contributed by atoms with Gasteiger partial charge in [-0.2, -0.15) is 0 Å². The van der Waals surface area contributed by atoms with Gasteiger partial charge in [0.1, 0.15) is 5.75 Å². The smallest absolute Gasteiger partial charge is 0.335 e. The molecule has 98 valence electrons. The predicted molar refractivity (Wildman–Crippen MR) is 74.6 cm³/mol. The topological polar surface area (TPSA) is 26.3 Å². The van der Waals surface area contributed by atoms with Crippen molar-refractivity contribution in [3.8, 4) is 5.75 Å². The van der Waals surface area contributed by atoms with Crippen LogP contribution in [0.1, 0.15) is 45.4 Å². The molecule has 1 aromatic carbocycles. The molecule has 0 N–H and O–H groups in total. The molecule has 2 nitrogen and oxygen atoms in total. The van der Waals surface area contributed by atoms with Gasteiger partial charge in [-0.15, -0.1) is 0 Å². The van der Waals surface area contributed by atoms with E-state index in [1.54, 1.807) is 12.1 Å². The fourth-order valence-corrected chi connectivity index (χ4v) is 1.68. The van der Waals surface area contributed by atoms with Crippen molar-refractivity contribution in [1.82, 2.24) is 0 Å². The van der Waals surface area contributed by atoms with Gasteiger partial charge in [-0.1, -0.05) is 56.9 Å². The number of hydrogen-bond donors (Lipinski definition) is 0. The van der Waals surface area contributed by atoms with Crippen molar-refractivity contribution in [2.24, 2.45) is 0 Å². The molecule has 18 heavy (non-hydrogen) atoms. The van der Waals surface area contributed by atoms with Crippen LogP contribution in [0, 0.1) is 0 Å². The van der Waals surface area contributed by atoms with Crippen molar-refractivity contribution < 1.29 is 9.53 Å². The van der Waals surface area contributed by atoms with Crippen molar-refractivity contribution in [2.45, 2.75) is 45.4 Å². The Balaban J connectivity index is 2.12. The van der Waals surface area contributed by atoms with Gasteiger partial charge in [-0.05, 0) is 25.0 Å². The van der Waals surface area contributed by atoms with Gasteiger partial charge in [0.2, 0.25) is 0 Å². The van der Waals surface area contributed by atoms with Gasteiger partial charge in [-0.25, -0.2) is 4.79 Å². The van der Waals surface area contributed by atoms with Crippen LogP contribution in [0.15, 0.2) is 42.5 Å². The average Bonchev–Trinajstić information content (AvgIpc) is 2.39. The second kappa shape index (κ2) is 9.46. The van der Waals surface area contributed by atoms with Gasteiger partial charge in [0.05, 0.1) is 0 Å². The minimum atomic E-state index is -0.297. The minimum Gasteiger partial charge on any atom is -0.423 e. The molecule has 0 unspecified atom stereocenters. The van der Waals surface area contributed by atoms with Crippen LogP contribution in [0.2, 0.25) is 0 Å². The first-order valence-corrected chi connectivity index (χ1v) is 6.76. The van der Waals surface area contributed by atoms with Crippen molar-refractivity contribution in [3.63, 3.8) is 0 Å². The van der Waals surface area contributed by atoms with Crippen LogP contribution in [-0.2, 0) is 4.79 Å². The van der Waals surface area contributed by atoms with Gasteiger partial charge in [0, 0.05) is 6.08 Å². The van der Waals surface area contributed by atoms with Crippen molar-refractivity contribution in [1.29, 1.82) is 0 Å². The molecule has 0 fully saturated rings. The number of unbranched alkanes of at least 4 members (excludes halogenated alkanes) is 5. The maximum atomic E-state index is 11.4. The normalized spacial score (nSPS) is 10.7. The monoisotopic (exact) mass is 246 g/mol. The van der Waals surface area contributed by atoms with Crippen molar-refractivity contribution >= 4 is 5.97 Å². The number of ether oxygens (including phenoxy) is 1. The first-order chi connectivity index (χ1) is 8.83. The SMILES string of the molecule is CCCCCCC/C=C/C(=O)Oc1ccccc1. The summed E-state index contributed by atoms with van der Waals surface area (Å²) in [5, 5.41) is 0. The Labute approximate surface area is 110 Å². The number of esters is 1. The molecule has 1 rings (SSSR count). The molecule has 0 aliphatic carbocycles. The minimum absolute atomic E-state index is 0.297. The van der Waals surface area contributed by atoms with Crippen LogP contribution in [0.25, 0.3) is 0 Å². The summed E-state index contributed by atoms with van der Waals surface area (Å²) in [6.45, 7) is 2.21. The predicted octanol–water partition coefficient (Wildman–Crippen LogP) is 4.51. The zero-order valence-electron chi connectivity index (χ0n) is 11.1. The summed E-state index contributed by atoms with van der Waals surface area (Å²) in [6.07, 6.45) is 10.6. The van der Waals surface area contributed by atoms with E-state index < -0.39 is 0 Å². The number of hydrogen-bond acceptors (Lipinski definition) is 2. The quantitative estimate of drug-likeness (QED) is 0.292. The van der Waals surface area contributed by atoms with E-state index in [0.29, 0.717) is 5.75 Å². The zero-order chi connectivity index (χ0) is 13.1. The largest absolute Gasteiger partial charge is 0.423 e. The molecule has 0 saturated carbocycles. The van der Waals surface area contributed by atoms with Crippen LogP contribution >= 0.6 is 0 Å². The lowest BCUT2D eigenvalue weighted by Crippen LogP contribution is -2.03. The molecule has 0 aliphatic rings. The molecule has 0 bridgehead atoms. The molecule has 0 atom stereocenters. The van der Waals surface area contributed by atoms with E-state index in [2.05, 4.69) is 6.92 Å². The Morgan fingerprint density at radius 2 is 1.83 bits per heavy atom. The number of para-hydroxylation sites is 1. The second-order valence-electron chi connectivity index (χ2n) is 4.34. The fourth-order valence-electron chi connectivity index (χ4n) is 1.68. The molecular weight excluding hydrogens is 224 g/mol. The lowest BCUT2D eigenvalue weighted by atomic mass is 10.1. The van der Waals surface area contributed by atoms with E-state index in [1.165, 1.54) is 31.8 Å². The van der Waals surface area contributed by atoms with E-state index in [9.17, 15) is 4.79 Å². The highest BCUT2D eigenvalue weighted by molar-refractivity contribution is 5.83. The molecule has 2 heteroatoms. The van der Waals surface area contributed by atoms with E-state index >= 15 is 0 Å². The Kier molecular flexibility index (Phi) is 7.61. The first-order valence-electron chi connectivity index (χ1n) is 6.76. The van der Waals surface area contributed by atoms with Crippen LogP contribution in [0.4, 0.5) is 0 Å². The number of rotatable bonds is 8. The summed E-state index contributed by atoms with van der Waals surface area (Å²) in [7, 11) is 0. The molecule has 0 radical (unpaired) electrons. The molecule has 1 aromatic rings. The van der Waals surface area contributed by atoms with Crippen LogP contribution in [0.5, 0.6) is 5.75 Å². The highest BCUT2D eigenvalue weighted by atomic mass is 16.5. The third-order valence-corrected chi connectivity index (χ3v) is 2.69. The second-order valence-corrected chi connectivity index (χ2v) is 4.34. The highest BCUT2D eigenvalue weighted by Gasteiger charge is 1.98. The Morgan fingerprint density at radius 1 is 1.11 bits per heavy atom. The highest BCUT2D eigenvalue weighted by Crippen LogP contribution is 2.09. The van der Waals surface area contributed by atoms with E-state index in [4.69, 9.17) is 4.74 Å². The van der Waals surface area contributed by atoms with E-state index in [1.807, 2.05) is 24.3 Å². The molecule has 0 heterocycles. The first kappa shape index (κ1) is 14.5. The molecular formula is C16H22O2. The molecule has 0 aliphatic heterocycles. The maximum Gasteiger partial charge on any atom is 0.335 e. The molecule has 0 saturated heterocycles. The number of carbonyl (C=O) groups is 1.